The van der Waals surface area contributed by atoms with Crippen LogP contribution in [0.15, 0.2) is 6.20 Å². The second-order valence-corrected chi connectivity index (χ2v) is 8.03. The molecule has 136 valence electrons. The summed E-state index contributed by atoms with van der Waals surface area (Å²) in [6, 6.07) is 0. The van der Waals surface area contributed by atoms with Gasteiger partial charge in [-0.05, 0) is 46.5 Å². The molecule has 0 bridgehead atoms. The van der Waals surface area contributed by atoms with E-state index in [0.717, 1.165) is 18.7 Å². The van der Waals surface area contributed by atoms with Crippen molar-refractivity contribution in [2.75, 3.05) is 6.54 Å². The SMILES string of the molecule is Cc1[nH]ncc1CN[C@@]1(CNC(=O)OC(C)(C)C)CCCC[C@@H]1C. The number of aryl methyl sites for hydroxylation is 1. The number of amides is 1. The fourth-order valence-corrected chi connectivity index (χ4v) is 3.37. The van der Waals surface area contributed by atoms with Crippen LogP contribution in [0, 0.1) is 12.8 Å². The summed E-state index contributed by atoms with van der Waals surface area (Å²) < 4.78 is 5.39. The summed E-state index contributed by atoms with van der Waals surface area (Å²) >= 11 is 0. The third-order valence-corrected chi connectivity index (χ3v) is 4.97. The minimum Gasteiger partial charge on any atom is -0.444 e. The van der Waals surface area contributed by atoms with Crippen LogP contribution in [0.2, 0.25) is 0 Å². The number of rotatable bonds is 5. The van der Waals surface area contributed by atoms with Crippen molar-refractivity contribution in [3.8, 4) is 0 Å². The number of alkyl carbamates (subject to hydrolysis) is 1. The maximum atomic E-state index is 12.1. The molecule has 1 aromatic rings. The first-order valence-corrected chi connectivity index (χ1v) is 8.92. The van der Waals surface area contributed by atoms with Crippen molar-refractivity contribution in [3.63, 3.8) is 0 Å². The van der Waals surface area contributed by atoms with Crippen LogP contribution < -0.4 is 10.6 Å². The smallest absolute Gasteiger partial charge is 0.407 e. The first-order valence-electron chi connectivity index (χ1n) is 8.92. The molecule has 6 heteroatoms. The van der Waals surface area contributed by atoms with E-state index in [-0.39, 0.29) is 11.6 Å². The number of nitrogens with one attached hydrogen (secondary N) is 3. The summed E-state index contributed by atoms with van der Waals surface area (Å²) in [5.74, 6) is 0.494. The predicted molar refractivity (Wildman–Crippen MR) is 94.8 cm³/mol. The monoisotopic (exact) mass is 336 g/mol. The molecular weight excluding hydrogens is 304 g/mol. The number of nitrogens with zero attached hydrogens (tertiary/aromatic N) is 1. The summed E-state index contributed by atoms with van der Waals surface area (Å²) in [5, 5.41) is 13.8. The lowest BCUT2D eigenvalue weighted by Crippen LogP contribution is -2.58. The molecule has 0 aromatic carbocycles. The Labute approximate surface area is 145 Å². The van der Waals surface area contributed by atoms with Gasteiger partial charge in [0.05, 0.1) is 6.20 Å². The van der Waals surface area contributed by atoms with Crippen LogP contribution in [0.4, 0.5) is 4.79 Å². The average Bonchev–Trinajstić information content (AvgIpc) is 2.89. The molecule has 1 amide bonds. The van der Waals surface area contributed by atoms with E-state index in [4.69, 9.17) is 4.74 Å². The second-order valence-electron chi connectivity index (χ2n) is 8.03. The number of hydrogen-bond acceptors (Lipinski definition) is 4. The Hall–Kier alpha value is -1.56. The largest absolute Gasteiger partial charge is 0.444 e. The Bertz CT molecular complexity index is 549. The van der Waals surface area contributed by atoms with Crippen LogP contribution >= 0.6 is 0 Å². The maximum absolute atomic E-state index is 12.1. The molecule has 1 aliphatic carbocycles. The van der Waals surface area contributed by atoms with E-state index < -0.39 is 5.60 Å². The van der Waals surface area contributed by atoms with Crippen molar-refractivity contribution in [1.29, 1.82) is 0 Å². The second kappa shape index (κ2) is 7.55. The van der Waals surface area contributed by atoms with Crippen LogP contribution in [0.3, 0.4) is 0 Å². The quantitative estimate of drug-likeness (QED) is 0.771. The van der Waals surface area contributed by atoms with E-state index in [1.54, 1.807) is 0 Å². The molecule has 6 nitrogen and oxygen atoms in total. The van der Waals surface area contributed by atoms with E-state index in [1.165, 1.54) is 24.8 Å². The van der Waals surface area contributed by atoms with Gasteiger partial charge in [-0.15, -0.1) is 0 Å². The lowest BCUT2D eigenvalue weighted by atomic mass is 9.73. The van der Waals surface area contributed by atoms with Crippen molar-refractivity contribution in [2.45, 2.75) is 78.0 Å². The zero-order chi connectivity index (χ0) is 17.8. The summed E-state index contributed by atoms with van der Waals surface area (Å²) in [6.45, 7) is 11.3. The molecule has 0 radical (unpaired) electrons. The Morgan fingerprint density at radius 2 is 2.21 bits per heavy atom. The van der Waals surface area contributed by atoms with Crippen LogP contribution in [0.1, 0.15) is 64.6 Å². The predicted octanol–water partition coefficient (Wildman–Crippen LogP) is 3.28. The molecule has 0 spiro atoms. The molecule has 1 fully saturated rings. The van der Waals surface area contributed by atoms with E-state index in [9.17, 15) is 4.79 Å². The Kier molecular flexibility index (Phi) is 5.91. The Morgan fingerprint density at radius 3 is 2.79 bits per heavy atom. The standard InChI is InChI=1S/C18H32N4O2/c1-13-8-6-7-9-18(13,12-19-16(23)24-17(3,4)5)20-10-15-11-21-22-14(15)2/h11,13,20H,6-10,12H2,1-5H3,(H,19,23)(H,21,22)/t13-,18+/m0/s1. The van der Waals surface area contributed by atoms with Crippen molar-refractivity contribution in [2.24, 2.45) is 5.92 Å². The normalized spacial score (nSPS) is 24.6. The molecule has 3 N–H and O–H groups in total. The first kappa shape index (κ1) is 18.8. The average molecular weight is 336 g/mol. The fraction of sp³-hybridized carbons (Fsp3) is 0.778. The van der Waals surface area contributed by atoms with Gasteiger partial charge in [-0.2, -0.15) is 5.10 Å². The highest BCUT2D eigenvalue weighted by Crippen LogP contribution is 2.33. The van der Waals surface area contributed by atoms with Gasteiger partial charge in [-0.3, -0.25) is 5.10 Å². The number of carbonyl (C=O) groups excluding carboxylic acids is 1. The number of aromatic nitrogens is 2. The third kappa shape index (κ3) is 4.97. The van der Waals surface area contributed by atoms with Gasteiger partial charge in [-0.25, -0.2) is 4.79 Å². The summed E-state index contributed by atoms with van der Waals surface area (Å²) in [7, 11) is 0. The van der Waals surface area contributed by atoms with Gasteiger partial charge in [0.25, 0.3) is 0 Å². The van der Waals surface area contributed by atoms with Gasteiger partial charge in [0.1, 0.15) is 5.60 Å². The molecule has 1 aliphatic rings. The zero-order valence-electron chi connectivity index (χ0n) is 15.7. The van der Waals surface area contributed by atoms with Gasteiger partial charge in [0.2, 0.25) is 0 Å². The minimum atomic E-state index is -0.475. The van der Waals surface area contributed by atoms with Gasteiger partial charge in [0.15, 0.2) is 0 Å². The maximum Gasteiger partial charge on any atom is 0.407 e. The summed E-state index contributed by atoms with van der Waals surface area (Å²) in [4.78, 5) is 12.1. The lowest BCUT2D eigenvalue weighted by Gasteiger charge is -2.44. The summed E-state index contributed by atoms with van der Waals surface area (Å²) in [5.41, 5.74) is 1.68. The lowest BCUT2D eigenvalue weighted by molar-refractivity contribution is 0.0479. The van der Waals surface area contributed by atoms with Gasteiger partial charge in [-0.1, -0.05) is 19.8 Å². The molecule has 2 atom stereocenters. The van der Waals surface area contributed by atoms with Gasteiger partial charge < -0.3 is 15.4 Å². The van der Waals surface area contributed by atoms with Crippen molar-refractivity contribution < 1.29 is 9.53 Å². The number of H-pyrrole nitrogens is 1. The van der Waals surface area contributed by atoms with Crippen molar-refractivity contribution >= 4 is 6.09 Å². The fourth-order valence-electron chi connectivity index (χ4n) is 3.37. The highest BCUT2D eigenvalue weighted by Gasteiger charge is 2.38. The topological polar surface area (TPSA) is 79.0 Å². The number of carbonyl (C=O) groups is 1. The van der Waals surface area contributed by atoms with E-state index in [0.29, 0.717) is 12.5 Å². The Balaban J connectivity index is 2.01. The third-order valence-electron chi connectivity index (χ3n) is 4.97. The van der Waals surface area contributed by atoms with E-state index in [1.807, 2.05) is 33.9 Å². The van der Waals surface area contributed by atoms with Crippen LogP contribution in [0.5, 0.6) is 0 Å². The molecule has 0 saturated heterocycles. The molecular formula is C18H32N4O2. The van der Waals surface area contributed by atoms with Gasteiger partial charge in [0, 0.05) is 29.9 Å². The minimum absolute atomic E-state index is 0.0983. The summed E-state index contributed by atoms with van der Waals surface area (Å²) in [6.07, 6.45) is 6.18. The van der Waals surface area contributed by atoms with E-state index in [2.05, 4.69) is 27.8 Å². The molecule has 0 aliphatic heterocycles. The van der Waals surface area contributed by atoms with Crippen LogP contribution in [0.25, 0.3) is 0 Å². The zero-order valence-corrected chi connectivity index (χ0v) is 15.7. The molecule has 1 heterocycles. The van der Waals surface area contributed by atoms with E-state index >= 15 is 0 Å². The molecule has 1 saturated carbocycles. The molecule has 2 rings (SSSR count). The highest BCUT2D eigenvalue weighted by molar-refractivity contribution is 5.67. The number of aromatic amines is 1. The van der Waals surface area contributed by atoms with Crippen molar-refractivity contribution in [3.05, 3.63) is 17.5 Å². The molecule has 24 heavy (non-hydrogen) atoms. The first-order chi connectivity index (χ1) is 11.2. The highest BCUT2D eigenvalue weighted by atomic mass is 16.6. The number of ether oxygens (including phenoxy) is 1. The van der Waals surface area contributed by atoms with Crippen LogP contribution in [-0.2, 0) is 11.3 Å². The molecule has 0 unspecified atom stereocenters. The van der Waals surface area contributed by atoms with Crippen molar-refractivity contribution in [1.82, 2.24) is 20.8 Å². The van der Waals surface area contributed by atoms with Crippen LogP contribution in [-0.4, -0.2) is 34.0 Å². The van der Waals surface area contributed by atoms with Gasteiger partial charge >= 0.3 is 6.09 Å². The number of hydrogen-bond donors (Lipinski definition) is 3. The Morgan fingerprint density at radius 1 is 1.46 bits per heavy atom. The molecule has 1 aromatic heterocycles.